The van der Waals surface area contributed by atoms with Crippen molar-refractivity contribution >= 4 is 17.0 Å². The van der Waals surface area contributed by atoms with Gasteiger partial charge in [-0.25, -0.2) is 9.78 Å². The molecule has 2 heterocycles. The Kier molecular flexibility index (Phi) is 2.98. The molecule has 2 atom stereocenters. The minimum absolute atomic E-state index is 0.211. The smallest absolute Gasteiger partial charge is 0.335 e. The van der Waals surface area contributed by atoms with Gasteiger partial charge in [-0.3, -0.25) is 0 Å². The summed E-state index contributed by atoms with van der Waals surface area (Å²) in [6, 6.07) is 5.25. The zero-order valence-electron chi connectivity index (χ0n) is 10.7. The molecule has 5 heteroatoms. The maximum absolute atomic E-state index is 10.9. The second-order valence-corrected chi connectivity index (χ2v) is 4.95. The molecular formula is C14H16N2O3. The van der Waals surface area contributed by atoms with Gasteiger partial charge in [-0.15, -0.1) is 0 Å². The Hall–Kier alpha value is -1.88. The van der Waals surface area contributed by atoms with Gasteiger partial charge in [0.1, 0.15) is 0 Å². The number of ether oxygens (including phenoxy) is 1. The highest BCUT2D eigenvalue weighted by molar-refractivity contribution is 5.92. The number of benzene rings is 1. The summed E-state index contributed by atoms with van der Waals surface area (Å²) in [6.07, 6.45) is 4.15. The monoisotopic (exact) mass is 260 g/mol. The number of aromatic carboxylic acids is 1. The van der Waals surface area contributed by atoms with E-state index in [2.05, 4.69) is 16.5 Å². The molecular weight excluding hydrogens is 244 g/mol. The van der Waals surface area contributed by atoms with E-state index in [-0.39, 0.29) is 17.7 Å². The lowest BCUT2D eigenvalue weighted by Crippen LogP contribution is -2.20. The Balaban J connectivity index is 1.98. The second kappa shape index (κ2) is 4.66. The number of rotatable bonds is 3. The van der Waals surface area contributed by atoms with Crippen LogP contribution in [0.5, 0.6) is 0 Å². The summed E-state index contributed by atoms with van der Waals surface area (Å²) in [6.45, 7) is 2.94. The lowest BCUT2D eigenvalue weighted by atomic mass is 10.1. The molecule has 1 fully saturated rings. The fourth-order valence-corrected chi connectivity index (χ4v) is 2.65. The highest BCUT2D eigenvalue weighted by atomic mass is 16.5. The first kappa shape index (κ1) is 12.2. The average Bonchev–Trinajstić information content (AvgIpc) is 3.06. The summed E-state index contributed by atoms with van der Waals surface area (Å²) in [5, 5.41) is 8.98. The molecule has 0 saturated carbocycles. The van der Waals surface area contributed by atoms with Gasteiger partial charge in [0.25, 0.3) is 0 Å². The molecule has 0 amide bonds. The highest BCUT2D eigenvalue weighted by Gasteiger charge is 2.24. The van der Waals surface area contributed by atoms with Crippen molar-refractivity contribution in [1.29, 1.82) is 0 Å². The molecule has 1 aromatic heterocycles. The van der Waals surface area contributed by atoms with E-state index >= 15 is 0 Å². The van der Waals surface area contributed by atoms with E-state index in [4.69, 9.17) is 9.84 Å². The first-order valence-corrected chi connectivity index (χ1v) is 6.48. The van der Waals surface area contributed by atoms with E-state index in [1.165, 1.54) is 0 Å². The van der Waals surface area contributed by atoms with Gasteiger partial charge in [-0.1, -0.05) is 0 Å². The van der Waals surface area contributed by atoms with Crippen LogP contribution in [0, 0.1) is 0 Å². The molecule has 0 bridgehead atoms. The standard InChI is InChI=1S/C14H16N2O3/c1-9(13-3-2-6-19-13)16-8-15-11-7-10(14(17)18)4-5-12(11)16/h4-5,7-9,13H,2-3,6H2,1H3,(H,17,18). The summed E-state index contributed by atoms with van der Waals surface area (Å²) >= 11 is 0. The third-order valence-electron chi connectivity index (χ3n) is 3.76. The number of hydrogen-bond acceptors (Lipinski definition) is 3. The first-order valence-electron chi connectivity index (χ1n) is 6.48. The van der Waals surface area contributed by atoms with Crippen LogP contribution in [0.15, 0.2) is 24.5 Å². The van der Waals surface area contributed by atoms with E-state index in [1.807, 2.05) is 6.07 Å². The van der Waals surface area contributed by atoms with Crippen molar-refractivity contribution in [2.24, 2.45) is 0 Å². The molecule has 1 aliphatic heterocycles. The van der Waals surface area contributed by atoms with Gasteiger partial charge >= 0.3 is 5.97 Å². The maximum atomic E-state index is 10.9. The van der Waals surface area contributed by atoms with Crippen LogP contribution in [0.4, 0.5) is 0 Å². The van der Waals surface area contributed by atoms with Crippen molar-refractivity contribution in [2.75, 3.05) is 6.61 Å². The van der Waals surface area contributed by atoms with Gasteiger partial charge in [-0.05, 0) is 38.0 Å². The molecule has 0 aliphatic carbocycles. The molecule has 0 radical (unpaired) electrons. The third-order valence-corrected chi connectivity index (χ3v) is 3.76. The SMILES string of the molecule is CC(C1CCCO1)n1cnc2cc(C(=O)O)ccc21. The van der Waals surface area contributed by atoms with Crippen LogP contribution in [0.1, 0.15) is 36.2 Å². The van der Waals surface area contributed by atoms with Crippen LogP contribution >= 0.6 is 0 Å². The van der Waals surface area contributed by atoms with E-state index in [9.17, 15) is 4.79 Å². The highest BCUT2D eigenvalue weighted by Crippen LogP contribution is 2.27. The molecule has 1 aromatic carbocycles. The molecule has 19 heavy (non-hydrogen) atoms. The third kappa shape index (κ3) is 2.10. The predicted molar refractivity (Wildman–Crippen MR) is 70.4 cm³/mol. The molecule has 100 valence electrons. The number of hydrogen-bond donors (Lipinski definition) is 1. The van der Waals surface area contributed by atoms with Crippen molar-refractivity contribution in [1.82, 2.24) is 9.55 Å². The first-order chi connectivity index (χ1) is 9.16. The maximum Gasteiger partial charge on any atom is 0.335 e. The molecule has 1 saturated heterocycles. The predicted octanol–water partition coefficient (Wildman–Crippen LogP) is 2.47. The van der Waals surface area contributed by atoms with Gasteiger partial charge < -0.3 is 14.4 Å². The van der Waals surface area contributed by atoms with E-state index in [1.54, 1.807) is 18.5 Å². The molecule has 0 spiro atoms. The van der Waals surface area contributed by atoms with Crippen LogP contribution < -0.4 is 0 Å². The number of fused-ring (bicyclic) bond motifs is 1. The fraction of sp³-hybridized carbons (Fsp3) is 0.429. The Bertz CT molecular complexity index is 614. The minimum atomic E-state index is -0.927. The normalized spacial score (nSPS) is 20.8. The quantitative estimate of drug-likeness (QED) is 0.920. The van der Waals surface area contributed by atoms with Crippen LogP contribution in [-0.4, -0.2) is 33.3 Å². The zero-order chi connectivity index (χ0) is 13.4. The van der Waals surface area contributed by atoms with Gasteiger partial charge in [0.05, 0.1) is 35.1 Å². The number of carboxylic acids is 1. The van der Waals surface area contributed by atoms with Gasteiger partial charge in [-0.2, -0.15) is 0 Å². The Morgan fingerprint density at radius 2 is 2.42 bits per heavy atom. The topological polar surface area (TPSA) is 64.4 Å². The summed E-state index contributed by atoms with van der Waals surface area (Å²) in [5.41, 5.74) is 1.93. The zero-order valence-corrected chi connectivity index (χ0v) is 10.7. The number of imidazole rings is 1. The number of nitrogens with zero attached hydrogens (tertiary/aromatic N) is 2. The van der Waals surface area contributed by atoms with Crippen LogP contribution in [0.3, 0.4) is 0 Å². The summed E-state index contributed by atoms with van der Waals surface area (Å²) in [7, 11) is 0. The van der Waals surface area contributed by atoms with Crippen molar-refractivity contribution in [3.63, 3.8) is 0 Å². The van der Waals surface area contributed by atoms with Crippen LogP contribution in [0.25, 0.3) is 11.0 Å². The van der Waals surface area contributed by atoms with Crippen LogP contribution in [0.2, 0.25) is 0 Å². The molecule has 3 rings (SSSR count). The number of aromatic nitrogens is 2. The summed E-state index contributed by atoms with van der Waals surface area (Å²) < 4.78 is 7.77. The Morgan fingerprint density at radius 1 is 1.58 bits per heavy atom. The lowest BCUT2D eigenvalue weighted by Gasteiger charge is -2.20. The van der Waals surface area contributed by atoms with Crippen molar-refractivity contribution in [2.45, 2.75) is 31.9 Å². The van der Waals surface area contributed by atoms with E-state index in [0.717, 1.165) is 25.0 Å². The summed E-state index contributed by atoms with van der Waals surface area (Å²) in [4.78, 5) is 15.2. The lowest BCUT2D eigenvalue weighted by molar-refractivity contribution is 0.0696. The number of carbonyl (C=O) groups is 1. The molecule has 5 nitrogen and oxygen atoms in total. The molecule has 1 N–H and O–H groups in total. The average molecular weight is 260 g/mol. The van der Waals surface area contributed by atoms with Crippen LogP contribution in [-0.2, 0) is 4.74 Å². The fourth-order valence-electron chi connectivity index (χ4n) is 2.65. The molecule has 2 aromatic rings. The summed E-state index contributed by atoms with van der Waals surface area (Å²) in [5.74, 6) is -0.927. The van der Waals surface area contributed by atoms with Crippen molar-refractivity contribution in [3.8, 4) is 0 Å². The van der Waals surface area contributed by atoms with Gasteiger partial charge in [0, 0.05) is 6.61 Å². The van der Waals surface area contributed by atoms with E-state index < -0.39 is 5.97 Å². The largest absolute Gasteiger partial charge is 0.478 e. The molecule has 1 aliphatic rings. The Morgan fingerprint density at radius 3 is 3.11 bits per heavy atom. The van der Waals surface area contributed by atoms with Crippen molar-refractivity contribution < 1.29 is 14.6 Å². The van der Waals surface area contributed by atoms with Gasteiger partial charge in [0.15, 0.2) is 0 Å². The molecule has 2 unspecified atom stereocenters. The Labute approximate surface area is 110 Å². The van der Waals surface area contributed by atoms with Gasteiger partial charge in [0.2, 0.25) is 0 Å². The van der Waals surface area contributed by atoms with Crippen molar-refractivity contribution in [3.05, 3.63) is 30.1 Å². The van der Waals surface area contributed by atoms with E-state index in [0.29, 0.717) is 5.52 Å². The number of carboxylic acid groups (broad SMARTS) is 1. The minimum Gasteiger partial charge on any atom is -0.478 e. The second-order valence-electron chi connectivity index (χ2n) is 4.95.